The van der Waals surface area contributed by atoms with Crippen molar-refractivity contribution in [1.82, 2.24) is 4.98 Å². The fourth-order valence-corrected chi connectivity index (χ4v) is 3.26. The average Bonchev–Trinajstić information content (AvgIpc) is 3.16. The first-order valence-corrected chi connectivity index (χ1v) is 8.49. The summed E-state index contributed by atoms with van der Waals surface area (Å²) in [5.41, 5.74) is 3.15. The highest BCUT2D eigenvalue weighted by atomic mass is 32.1. The number of rotatable bonds is 5. The monoisotopic (exact) mass is 348 g/mol. The van der Waals surface area contributed by atoms with E-state index in [2.05, 4.69) is 11.1 Å². The smallest absolute Gasteiger partial charge is 0.167 e. The first kappa shape index (κ1) is 16.7. The molecule has 0 aliphatic carbocycles. The summed E-state index contributed by atoms with van der Waals surface area (Å²) in [6, 6.07) is 17.7. The van der Waals surface area contributed by atoms with E-state index in [0.29, 0.717) is 22.1 Å². The second-order valence-electron chi connectivity index (χ2n) is 5.16. The molecule has 1 aromatic heterocycles. The van der Waals surface area contributed by atoms with Gasteiger partial charge < -0.3 is 9.47 Å². The molecule has 3 rings (SSSR count). The molecule has 0 bridgehead atoms. The zero-order chi connectivity index (χ0) is 17.6. The summed E-state index contributed by atoms with van der Waals surface area (Å²) >= 11 is 1.45. The third kappa shape index (κ3) is 3.54. The van der Waals surface area contributed by atoms with Gasteiger partial charge in [-0.25, -0.2) is 4.98 Å². The lowest BCUT2D eigenvalue weighted by Crippen LogP contribution is -1.93. The SMILES string of the molecule is COc1cccc(C=C(C#N)c2nc(-c3ccccc3)cs2)c1OC. The van der Waals surface area contributed by atoms with E-state index < -0.39 is 0 Å². The van der Waals surface area contributed by atoms with Crippen LogP contribution in [0, 0.1) is 11.3 Å². The first-order chi connectivity index (χ1) is 12.3. The summed E-state index contributed by atoms with van der Waals surface area (Å²) in [4.78, 5) is 4.60. The van der Waals surface area contributed by atoms with Crippen molar-refractivity contribution in [2.24, 2.45) is 0 Å². The van der Waals surface area contributed by atoms with Crippen LogP contribution >= 0.6 is 11.3 Å². The fourth-order valence-electron chi connectivity index (χ4n) is 2.46. The van der Waals surface area contributed by atoms with Crippen LogP contribution in [-0.4, -0.2) is 19.2 Å². The number of hydrogen-bond donors (Lipinski definition) is 0. The summed E-state index contributed by atoms with van der Waals surface area (Å²) < 4.78 is 10.7. The second kappa shape index (κ2) is 7.65. The highest BCUT2D eigenvalue weighted by molar-refractivity contribution is 7.11. The molecule has 4 nitrogen and oxygen atoms in total. The molecule has 0 unspecified atom stereocenters. The topological polar surface area (TPSA) is 55.1 Å². The Morgan fingerprint density at radius 1 is 1.08 bits per heavy atom. The molecule has 5 heteroatoms. The Labute approximate surface area is 150 Å². The molecule has 0 saturated carbocycles. The number of nitrogens with zero attached hydrogens (tertiary/aromatic N) is 2. The van der Waals surface area contributed by atoms with Gasteiger partial charge in [-0.1, -0.05) is 42.5 Å². The number of hydrogen-bond acceptors (Lipinski definition) is 5. The van der Waals surface area contributed by atoms with E-state index in [9.17, 15) is 5.26 Å². The van der Waals surface area contributed by atoms with Crippen molar-refractivity contribution in [2.75, 3.05) is 14.2 Å². The molecular formula is C20H16N2O2S. The minimum Gasteiger partial charge on any atom is -0.493 e. The van der Waals surface area contributed by atoms with E-state index in [4.69, 9.17) is 9.47 Å². The van der Waals surface area contributed by atoms with Crippen molar-refractivity contribution in [3.05, 3.63) is 64.5 Å². The molecule has 0 N–H and O–H groups in total. The van der Waals surface area contributed by atoms with Crippen LogP contribution in [0.1, 0.15) is 10.6 Å². The minimum absolute atomic E-state index is 0.485. The number of allylic oxidation sites excluding steroid dienone is 1. The maximum absolute atomic E-state index is 9.59. The maximum Gasteiger partial charge on any atom is 0.167 e. The molecule has 0 radical (unpaired) electrons. The number of thiazole rings is 1. The van der Waals surface area contributed by atoms with Gasteiger partial charge in [0.2, 0.25) is 0 Å². The van der Waals surface area contributed by atoms with Gasteiger partial charge in [-0.2, -0.15) is 5.26 Å². The van der Waals surface area contributed by atoms with Crippen molar-refractivity contribution in [3.63, 3.8) is 0 Å². The minimum atomic E-state index is 0.485. The second-order valence-corrected chi connectivity index (χ2v) is 6.01. The van der Waals surface area contributed by atoms with Gasteiger partial charge in [0.05, 0.1) is 25.5 Å². The standard InChI is InChI=1S/C20H16N2O2S/c1-23-18-10-6-9-15(19(18)24-2)11-16(12-21)20-22-17(13-25-20)14-7-4-3-5-8-14/h3-11,13H,1-2H3. The zero-order valence-corrected chi connectivity index (χ0v) is 14.7. The zero-order valence-electron chi connectivity index (χ0n) is 13.9. The van der Waals surface area contributed by atoms with Gasteiger partial charge >= 0.3 is 0 Å². The van der Waals surface area contributed by atoms with E-state index in [-0.39, 0.29) is 0 Å². The van der Waals surface area contributed by atoms with Crippen LogP contribution in [0.2, 0.25) is 0 Å². The molecule has 124 valence electrons. The van der Waals surface area contributed by atoms with Crippen LogP contribution in [0.4, 0.5) is 0 Å². The highest BCUT2D eigenvalue weighted by Crippen LogP contribution is 2.34. The third-order valence-electron chi connectivity index (χ3n) is 3.66. The predicted octanol–water partition coefficient (Wildman–Crippen LogP) is 4.89. The lowest BCUT2D eigenvalue weighted by atomic mass is 10.1. The van der Waals surface area contributed by atoms with Gasteiger partial charge in [-0.05, 0) is 12.1 Å². The summed E-state index contributed by atoms with van der Waals surface area (Å²) in [6.45, 7) is 0. The Morgan fingerprint density at radius 2 is 1.88 bits per heavy atom. The van der Waals surface area contributed by atoms with E-state index in [1.54, 1.807) is 20.3 Å². The lowest BCUT2D eigenvalue weighted by molar-refractivity contribution is 0.354. The average molecular weight is 348 g/mol. The molecule has 0 aliphatic rings. The van der Waals surface area contributed by atoms with Crippen molar-refractivity contribution in [3.8, 4) is 28.8 Å². The molecule has 1 heterocycles. The number of benzene rings is 2. The summed E-state index contributed by atoms with van der Waals surface area (Å²) in [5.74, 6) is 1.22. The Morgan fingerprint density at radius 3 is 2.56 bits per heavy atom. The van der Waals surface area contributed by atoms with Gasteiger partial charge in [0, 0.05) is 16.5 Å². The summed E-state index contributed by atoms with van der Waals surface area (Å²) in [6.07, 6.45) is 1.77. The van der Waals surface area contributed by atoms with Gasteiger partial charge in [-0.3, -0.25) is 0 Å². The van der Waals surface area contributed by atoms with E-state index in [0.717, 1.165) is 16.8 Å². The predicted molar refractivity (Wildman–Crippen MR) is 101 cm³/mol. The van der Waals surface area contributed by atoms with Gasteiger partial charge in [0.1, 0.15) is 11.1 Å². The van der Waals surface area contributed by atoms with Crippen LogP contribution in [0.5, 0.6) is 11.5 Å². The normalized spacial score (nSPS) is 11.0. The first-order valence-electron chi connectivity index (χ1n) is 7.61. The lowest BCUT2D eigenvalue weighted by Gasteiger charge is -2.10. The maximum atomic E-state index is 9.59. The van der Waals surface area contributed by atoms with Gasteiger partial charge in [-0.15, -0.1) is 11.3 Å². The van der Waals surface area contributed by atoms with Crippen LogP contribution in [0.15, 0.2) is 53.9 Å². The van der Waals surface area contributed by atoms with Crippen molar-refractivity contribution >= 4 is 23.0 Å². The Balaban J connectivity index is 2.01. The van der Waals surface area contributed by atoms with Gasteiger partial charge in [0.25, 0.3) is 0 Å². The molecule has 25 heavy (non-hydrogen) atoms. The largest absolute Gasteiger partial charge is 0.493 e. The quantitative estimate of drug-likeness (QED) is 0.616. The van der Waals surface area contributed by atoms with E-state index in [1.165, 1.54) is 11.3 Å². The molecular weight excluding hydrogens is 332 g/mol. The number of aromatic nitrogens is 1. The Bertz CT molecular complexity index is 940. The van der Waals surface area contributed by atoms with Crippen molar-refractivity contribution in [2.45, 2.75) is 0 Å². The van der Waals surface area contributed by atoms with Crippen LogP contribution < -0.4 is 9.47 Å². The highest BCUT2D eigenvalue weighted by Gasteiger charge is 2.12. The molecule has 0 aliphatic heterocycles. The number of nitriles is 1. The van der Waals surface area contributed by atoms with Gasteiger partial charge in [0.15, 0.2) is 11.5 Å². The fraction of sp³-hybridized carbons (Fsp3) is 0.100. The molecule has 0 saturated heterocycles. The number of para-hydroxylation sites is 1. The Hall–Kier alpha value is -3.10. The van der Waals surface area contributed by atoms with E-state index >= 15 is 0 Å². The molecule has 0 spiro atoms. The van der Waals surface area contributed by atoms with Crippen molar-refractivity contribution in [1.29, 1.82) is 5.26 Å². The molecule has 0 atom stereocenters. The van der Waals surface area contributed by atoms with Crippen LogP contribution in [0.25, 0.3) is 22.9 Å². The third-order valence-corrected chi connectivity index (χ3v) is 4.53. The van der Waals surface area contributed by atoms with Crippen LogP contribution in [-0.2, 0) is 0 Å². The molecule has 0 fully saturated rings. The van der Waals surface area contributed by atoms with Crippen LogP contribution in [0.3, 0.4) is 0 Å². The van der Waals surface area contributed by atoms with Crippen molar-refractivity contribution < 1.29 is 9.47 Å². The molecule has 2 aromatic carbocycles. The van der Waals surface area contributed by atoms with E-state index in [1.807, 2.05) is 53.9 Å². The number of ether oxygens (including phenoxy) is 2. The molecule has 0 amide bonds. The summed E-state index contributed by atoms with van der Waals surface area (Å²) in [7, 11) is 3.17. The summed E-state index contributed by atoms with van der Waals surface area (Å²) in [5, 5.41) is 12.2. The Kier molecular flexibility index (Phi) is 5.12. The molecule has 3 aromatic rings. The number of methoxy groups -OCH3 is 2.